The molecule has 1 aliphatic rings. The van der Waals surface area contributed by atoms with Crippen LogP contribution in [0.5, 0.6) is 5.75 Å². The van der Waals surface area contributed by atoms with Gasteiger partial charge in [-0.3, -0.25) is 4.72 Å². The van der Waals surface area contributed by atoms with Crippen LogP contribution >= 0.6 is 0 Å². The van der Waals surface area contributed by atoms with Gasteiger partial charge >= 0.3 is 0 Å². The number of phenols is 1. The summed E-state index contributed by atoms with van der Waals surface area (Å²) in [5, 5.41) is 9.21. The third kappa shape index (κ3) is 4.36. The van der Waals surface area contributed by atoms with E-state index in [4.69, 9.17) is 4.74 Å². The minimum absolute atomic E-state index is 0.00769. The molecule has 1 aliphatic heterocycles. The first-order valence-corrected chi connectivity index (χ1v) is 7.71. The number of ether oxygens (including phenoxy) is 1. The van der Waals surface area contributed by atoms with Crippen LogP contribution in [0.2, 0.25) is 0 Å². The second-order valence-electron chi connectivity index (χ2n) is 4.57. The molecule has 0 saturated carbocycles. The lowest BCUT2D eigenvalue weighted by atomic mass is 10.1. The lowest BCUT2D eigenvalue weighted by molar-refractivity contribution is 0.0306. The van der Waals surface area contributed by atoms with Crippen LogP contribution in [0.1, 0.15) is 19.3 Å². The minimum Gasteiger partial charge on any atom is -0.508 e. The van der Waals surface area contributed by atoms with Crippen molar-refractivity contribution < 1.29 is 22.7 Å². The first-order chi connectivity index (χ1) is 8.94. The van der Waals surface area contributed by atoms with Crippen molar-refractivity contribution in [3.8, 4) is 5.75 Å². The van der Waals surface area contributed by atoms with Crippen molar-refractivity contribution in [2.45, 2.75) is 25.4 Å². The Balaban J connectivity index is 2.03. The molecule has 5 nitrogen and oxygen atoms in total. The summed E-state index contributed by atoms with van der Waals surface area (Å²) in [5.74, 6) is -1.19. The van der Waals surface area contributed by atoms with Crippen LogP contribution in [0.15, 0.2) is 18.2 Å². The molecule has 2 rings (SSSR count). The second kappa shape index (κ2) is 5.75. The third-order valence-electron chi connectivity index (χ3n) is 2.84. The first kappa shape index (κ1) is 14.1. The smallest absolute Gasteiger partial charge is 0.235 e. The van der Waals surface area contributed by atoms with Gasteiger partial charge < -0.3 is 9.84 Å². The van der Waals surface area contributed by atoms with Gasteiger partial charge in [-0.2, -0.15) is 0 Å². The normalized spacial score (nSPS) is 20.2. The number of hydrogen-bond donors (Lipinski definition) is 2. The van der Waals surface area contributed by atoms with E-state index in [0.29, 0.717) is 13.0 Å². The molecule has 19 heavy (non-hydrogen) atoms. The molecular weight excluding hydrogens is 273 g/mol. The molecule has 1 aromatic rings. The lowest BCUT2D eigenvalue weighted by Crippen LogP contribution is -2.30. The molecule has 0 aliphatic carbocycles. The van der Waals surface area contributed by atoms with E-state index in [1.54, 1.807) is 0 Å². The molecule has 1 heterocycles. The molecule has 0 aromatic heterocycles. The molecule has 1 atom stereocenters. The predicted octanol–water partition coefficient (Wildman–Crippen LogP) is 1.84. The van der Waals surface area contributed by atoms with Crippen molar-refractivity contribution in [1.29, 1.82) is 0 Å². The van der Waals surface area contributed by atoms with Crippen LogP contribution in [0.25, 0.3) is 0 Å². The highest BCUT2D eigenvalue weighted by molar-refractivity contribution is 7.92. The van der Waals surface area contributed by atoms with E-state index in [0.717, 1.165) is 31.0 Å². The average molecular weight is 289 g/mol. The highest BCUT2D eigenvalue weighted by atomic mass is 32.2. The predicted molar refractivity (Wildman–Crippen MR) is 69.1 cm³/mol. The summed E-state index contributed by atoms with van der Waals surface area (Å²) in [6, 6.07) is 3.07. The van der Waals surface area contributed by atoms with Crippen LogP contribution in [-0.2, 0) is 14.8 Å². The van der Waals surface area contributed by atoms with Crippen molar-refractivity contribution in [3.63, 3.8) is 0 Å². The maximum atomic E-state index is 13.0. The summed E-state index contributed by atoms with van der Waals surface area (Å²) in [4.78, 5) is 0. The Kier molecular flexibility index (Phi) is 4.26. The number of hydrogen-bond acceptors (Lipinski definition) is 4. The molecule has 106 valence electrons. The standard InChI is InChI=1S/C12H16FNO4S/c13-9-5-10(7-11(15)6-9)14-19(16,17)8-12-3-1-2-4-18-12/h5-7,12,14-15H,1-4,8H2. The van der Waals surface area contributed by atoms with Gasteiger partial charge in [0.1, 0.15) is 11.6 Å². The highest BCUT2D eigenvalue weighted by Crippen LogP contribution is 2.21. The third-order valence-corrected chi connectivity index (χ3v) is 4.19. The minimum atomic E-state index is -3.62. The lowest BCUT2D eigenvalue weighted by Gasteiger charge is -2.22. The van der Waals surface area contributed by atoms with Crippen LogP contribution in [0.4, 0.5) is 10.1 Å². The highest BCUT2D eigenvalue weighted by Gasteiger charge is 2.22. The molecule has 2 N–H and O–H groups in total. The molecule has 0 radical (unpaired) electrons. The Hall–Kier alpha value is -1.34. The van der Waals surface area contributed by atoms with E-state index in [1.165, 1.54) is 0 Å². The van der Waals surface area contributed by atoms with Gasteiger partial charge in [0.25, 0.3) is 0 Å². The molecule has 1 fully saturated rings. The van der Waals surface area contributed by atoms with E-state index in [1.807, 2.05) is 0 Å². The molecule has 0 amide bonds. The van der Waals surface area contributed by atoms with E-state index >= 15 is 0 Å². The number of benzene rings is 1. The van der Waals surface area contributed by atoms with Gasteiger partial charge in [-0.15, -0.1) is 0 Å². The topological polar surface area (TPSA) is 75.6 Å². The summed E-state index contributed by atoms with van der Waals surface area (Å²) >= 11 is 0. The second-order valence-corrected chi connectivity index (χ2v) is 6.34. The van der Waals surface area contributed by atoms with Crippen LogP contribution in [0, 0.1) is 5.82 Å². The van der Waals surface area contributed by atoms with Crippen LogP contribution in [0.3, 0.4) is 0 Å². The molecule has 7 heteroatoms. The monoisotopic (exact) mass is 289 g/mol. The van der Waals surface area contributed by atoms with Crippen LogP contribution in [-0.4, -0.2) is 32.0 Å². The summed E-state index contributed by atoms with van der Waals surface area (Å²) in [5.41, 5.74) is 0.00769. The Labute approximate surface area is 111 Å². The molecular formula is C12H16FNO4S. The van der Waals surface area contributed by atoms with Gasteiger partial charge in [-0.05, 0) is 25.3 Å². The van der Waals surface area contributed by atoms with Crippen molar-refractivity contribution in [2.75, 3.05) is 17.1 Å². The largest absolute Gasteiger partial charge is 0.508 e. The van der Waals surface area contributed by atoms with Gasteiger partial charge in [0.2, 0.25) is 10.0 Å². The van der Waals surface area contributed by atoms with Gasteiger partial charge in [-0.25, -0.2) is 12.8 Å². The first-order valence-electron chi connectivity index (χ1n) is 6.06. The zero-order chi connectivity index (χ0) is 13.9. The van der Waals surface area contributed by atoms with E-state index in [2.05, 4.69) is 4.72 Å². The number of sulfonamides is 1. The van der Waals surface area contributed by atoms with E-state index < -0.39 is 15.8 Å². The fourth-order valence-corrected chi connectivity index (χ4v) is 3.35. The maximum absolute atomic E-state index is 13.0. The number of anilines is 1. The summed E-state index contributed by atoms with van der Waals surface area (Å²) in [6.45, 7) is 0.570. The van der Waals surface area contributed by atoms with Gasteiger partial charge in [0.15, 0.2) is 0 Å². The van der Waals surface area contributed by atoms with Crippen LogP contribution < -0.4 is 4.72 Å². The summed E-state index contributed by atoms with van der Waals surface area (Å²) < 4.78 is 44.4. The van der Waals surface area contributed by atoms with Gasteiger partial charge in [0.05, 0.1) is 17.5 Å². The molecule has 1 aromatic carbocycles. The summed E-state index contributed by atoms with van der Waals surface area (Å²) in [7, 11) is -3.62. The number of phenolic OH excluding ortho intramolecular Hbond substituents is 1. The number of aromatic hydroxyl groups is 1. The average Bonchev–Trinajstić information content (AvgIpc) is 2.27. The maximum Gasteiger partial charge on any atom is 0.235 e. The zero-order valence-corrected chi connectivity index (χ0v) is 11.1. The van der Waals surface area contributed by atoms with Crippen molar-refractivity contribution in [3.05, 3.63) is 24.0 Å². The quantitative estimate of drug-likeness (QED) is 0.887. The zero-order valence-electron chi connectivity index (χ0n) is 10.3. The molecule has 0 spiro atoms. The molecule has 1 saturated heterocycles. The number of halogens is 1. The Morgan fingerprint density at radius 2 is 2.16 bits per heavy atom. The fourth-order valence-electron chi connectivity index (χ4n) is 2.04. The van der Waals surface area contributed by atoms with Gasteiger partial charge in [-0.1, -0.05) is 0 Å². The fraction of sp³-hybridized carbons (Fsp3) is 0.500. The Morgan fingerprint density at radius 3 is 2.79 bits per heavy atom. The summed E-state index contributed by atoms with van der Waals surface area (Å²) in [6.07, 6.45) is 2.27. The Morgan fingerprint density at radius 1 is 1.37 bits per heavy atom. The SMILES string of the molecule is O=S(=O)(CC1CCCCO1)Nc1cc(O)cc(F)c1. The van der Waals surface area contributed by atoms with Crippen molar-refractivity contribution in [2.24, 2.45) is 0 Å². The molecule has 1 unspecified atom stereocenters. The van der Waals surface area contributed by atoms with Crippen molar-refractivity contribution in [1.82, 2.24) is 0 Å². The number of rotatable bonds is 4. The van der Waals surface area contributed by atoms with E-state index in [9.17, 15) is 17.9 Å². The van der Waals surface area contributed by atoms with E-state index in [-0.39, 0.29) is 23.3 Å². The Bertz CT molecular complexity index is 520. The molecule has 0 bridgehead atoms. The number of nitrogens with one attached hydrogen (secondary N) is 1. The van der Waals surface area contributed by atoms with Crippen molar-refractivity contribution >= 4 is 15.7 Å². The van der Waals surface area contributed by atoms with Gasteiger partial charge in [0, 0.05) is 18.7 Å².